The van der Waals surface area contributed by atoms with E-state index in [1.54, 1.807) is 14.2 Å². The number of hydrogen-bond donors (Lipinski definition) is 0. The molecule has 0 aliphatic carbocycles. The van der Waals surface area contributed by atoms with Crippen molar-refractivity contribution in [3.05, 3.63) is 58.7 Å². The second-order valence-corrected chi connectivity index (χ2v) is 8.00. The Bertz CT molecular complexity index is 893. The van der Waals surface area contributed by atoms with Crippen LogP contribution in [-0.4, -0.2) is 55.3 Å². The maximum atomic E-state index is 12.5. The van der Waals surface area contributed by atoms with Gasteiger partial charge in [-0.05, 0) is 37.1 Å². The summed E-state index contributed by atoms with van der Waals surface area (Å²) >= 11 is 0. The molecule has 0 saturated carbocycles. The molecule has 4 rings (SSSR count). The lowest BCUT2D eigenvalue weighted by atomic mass is 10.1. The van der Waals surface area contributed by atoms with E-state index < -0.39 is 0 Å². The number of nitrogens with zero attached hydrogens (tertiary/aromatic N) is 2. The first-order valence-corrected chi connectivity index (χ1v) is 9.94. The summed E-state index contributed by atoms with van der Waals surface area (Å²) in [5, 5.41) is 0. The van der Waals surface area contributed by atoms with Crippen LogP contribution in [0.5, 0.6) is 11.5 Å². The van der Waals surface area contributed by atoms with E-state index in [4.69, 9.17) is 14.2 Å². The molecule has 2 aliphatic rings. The Balaban J connectivity index is 1.45. The van der Waals surface area contributed by atoms with E-state index in [1.165, 1.54) is 16.7 Å². The van der Waals surface area contributed by atoms with Crippen molar-refractivity contribution in [2.45, 2.75) is 39.1 Å². The Morgan fingerprint density at radius 1 is 0.931 bits per heavy atom. The van der Waals surface area contributed by atoms with Gasteiger partial charge in [-0.3, -0.25) is 9.80 Å². The summed E-state index contributed by atoms with van der Waals surface area (Å²) in [6, 6.07) is 12.5. The molecule has 154 valence electrons. The largest absolute Gasteiger partial charge is 0.493 e. The summed E-state index contributed by atoms with van der Waals surface area (Å²) in [5.74, 6) is 1.34. The van der Waals surface area contributed by atoms with Crippen LogP contribution in [0.15, 0.2) is 36.4 Å². The summed E-state index contributed by atoms with van der Waals surface area (Å²) in [6.45, 7) is 7.21. The van der Waals surface area contributed by atoms with Crippen molar-refractivity contribution in [3.8, 4) is 11.5 Å². The van der Waals surface area contributed by atoms with Crippen molar-refractivity contribution in [1.82, 2.24) is 9.80 Å². The minimum Gasteiger partial charge on any atom is -0.493 e. The van der Waals surface area contributed by atoms with E-state index in [-0.39, 0.29) is 18.2 Å². The number of carbonyl (C=O) groups excluding carboxylic acids is 1. The van der Waals surface area contributed by atoms with Gasteiger partial charge in [-0.15, -0.1) is 0 Å². The molecule has 1 amide bonds. The number of fused-ring (bicyclic) bond motifs is 1. The van der Waals surface area contributed by atoms with E-state index >= 15 is 0 Å². The van der Waals surface area contributed by atoms with Gasteiger partial charge in [-0.25, -0.2) is 4.79 Å². The molecule has 2 atom stereocenters. The van der Waals surface area contributed by atoms with Crippen molar-refractivity contribution in [3.63, 3.8) is 0 Å². The van der Waals surface area contributed by atoms with Gasteiger partial charge in [0.25, 0.3) is 0 Å². The molecule has 0 bridgehead atoms. The van der Waals surface area contributed by atoms with Crippen LogP contribution in [-0.2, 0) is 17.8 Å². The van der Waals surface area contributed by atoms with Crippen LogP contribution in [0.4, 0.5) is 4.79 Å². The molecule has 0 radical (unpaired) electrons. The average Bonchev–Trinajstić information content (AvgIpc) is 3.18. The minimum atomic E-state index is -0.235. The highest BCUT2D eigenvalue weighted by molar-refractivity contribution is 5.71. The summed E-state index contributed by atoms with van der Waals surface area (Å²) in [7, 11) is 3.23. The number of methoxy groups -OCH3 is 2. The lowest BCUT2D eigenvalue weighted by Crippen LogP contribution is -2.37. The first-order valence-electron chi connectivity index (χ1n) is 9.94. The standard InChI is InChI=1S/C23H28N2O4/c1-15-7-16(2)9-18(8-15)11-24-13-19-22(14-24)29-23(26)25(19)12-17-5-6-20(27-3)21(10-17)28-4/h5-10,19,22H,11-14H2,1-4H3/t19-,22+/m0/s1. The molecule has 0 aromatic heterocycles. The van der Waals surface area contributed by atoms with Crippen molar-refractivity contribution in [2.75, 3.05) is 27.3 Å². The number of benzene rings is 2. The first kappa shape index (κ1) is 19.6. The van der Waals surface area contributed by atoms with E-state index in [2.05, 4.69) is 36.9 Å². The number of hydrogen-bond acceptors (Lipinski definition) is 5. The molecule has 2 aromatic carbocycles. The zero-order valence-corrected chi connectivity index (χ0v) is 17.5. The zero-order valence-electron chi connectivity index (χ0n) is 17.5. The predicted octanol–water partition coefficient (Wildman–Crippen LogP) is 3.53. The smallest absolute Gasteiger partial charge is 0.410 e. The monoisotopic (exact) mass is 396 g/mol. The third kappa shape index (κ3) is 4.03. The fourth-order valence-corrected chi connectivity index (χ4v) is 4.49. The van der Waals surface area contributed by atoms with Gasteiger partial charge in [-0.2, -0.15) is 0 Å². The number of carbonyl (C=O) groups is 1. The van der Waals surface area contributed by atoms with Crippen LogP contribution >= 0.6 is 0 Å². The molecule has 0 unspecified atom stereocenters. The van der Waals surface area contributed by atoms with Crippen LogP contribution in [0.1, 0.15) is 22.3 Å². The fourth-order valence-electron chi connectivity index (χ4n) is 4.49. The molecule has 0 spiro atoms. The Morgan fingerprint density at radius 3 is 2.34 bits per heavy atom. The molecular weight excluding hydrogens is 368 g/mol. The van der Waals surface area contributed by atoms with Crippen molar-refractivity contribution >= 4 is 6.09 Å². The third-order valence-corrected chi connectivity index (χ3v) is 5.69. The Morgan fingerprint density at radius 2 is 1.66 bits per heavy atom. The first-order chi connectivity index (χ1) is 14.0. The second-order valence-electron chi connectivity index (χ2n) is 8.00. The van der Waals surface area contributed by atoms with Gasteiger partial charge in [0.2, 0.25) is 0 Å². The van der Waals surface area contributed by atoms with Crippen LogP contribution in [0.2, 0.25) is 0 Å². The van der Waals surface area contributed by atoms with Gasteiger partial charge in [0.15, 0.2) is 11.5 Å². The highest BCUT2D eigenvalue weighted by Gasteiger charge is 2.47. The van der Waals surface area contributed by atoms with E-state index in [0.29, 0.717) is 18.0 Å². The minimum absolute atomic E-state index is 0.0708. The third-order valence-electron chi connectivity index (χ3n) is 5.69. The zero-order chi connectivity index (χ0) is 20.5. The highest BCUT2D eigenvalue weighted by atomic mass is 16.6. The van der Waals surface area contributed by atoms with Gasteiger partial charge >= 0.3 is 6.09 Å². The Labute approximate surface area is 172 Å². The van der Waals surface area contributed by atoms with Crippen molar-refractivity contribution in [2.24, 2.45) is 0 Å². The van der Waals surface area contributed by atoms with Gasteiger partial charge in [0.1, 0.15) is 6.10 Å². The lowest BCUT2D eigenvalue weighted by Gasteiger charge is -2.23. The highest BCUT2D eigenvalue weighted by Crippen LogP contribution is 2.32. The van der Waals surface area contributed by atoms with Crippen molar-refractivity contribution < 1.29 is 19.0 Å². The lowest BCUT2D eigenvalue weighted by molar-refractivity contribution is 0.119. The number of amides is 1. The molecule has 2 aromatic rings. The van der Waals surface area contributed by atoms with E-state index in [1.807, 2.05) is 23.1 Å². The molecular formula is C23H28N2O4. The number of likely N-dealkylation sites (tertiary alicyclic amines) is 1. The second kappa shape index (κ2) is 7.95. The molecule has 2 saturated heterocycles. The number of ether oxygens (including phenoxy) is 3. The van der Waals surface area contributed by atoms with Gasteiger partial charge in [-0.1, -0.05) is 35.4 Å². The molecule has 0 N–H and O–H groups in total. The topological polar surface area (TPSA) is 51.2 Å². The average molecular weight is 396 g/mol. The van der Waals surface area contributed by atoms with E-state index in [9.17, 15) is 4.79 Å². The number of rotatable bonds is 6. The molecule has 2 fully saturated rings. The SMILES string of the molecule is COc1ccc(CN2C(=O)O[C@@H]3CN(Cc4cc(C)cc(C)c4)C[C@@H]32)cc1OC. The number of aryl methyl sites for hydroxylation is 2. The summed E-state index contributed by atoms with van der Waals surface area (Å²) in [6.07, 6.45) is -0.311. The van der Waals surface area contributed by atoms with Crippen LogP contribution < -0.4 is 9.47 Å². The molecule has 29 heavy (non-hydrogen) atoms. The van der Waals surface area contributed by atoms with E-state index in [0.717, 1.165) is 25.2 Å². The maximum Gasteiger partial charge on any atom is 0.410 e. The summed E-state index contributed by atoms with van der Waals surface area (Å²) in [4.78, 5) is 16.7. The van der Waals surface area contributed by atoms with Crippen molar-refractivity contribution in [1.29, 1.82) is 0 Å². The molecule has 2 aliphatic heterocycles. The van der Waals surface area contributed by atoms with Gasteiger partial charge in [0.05, 0.1) is 20.3 Å². The van der Waals surface area contributed by atoms with Crippen LogP contribution in [0.25, 0.3) is 0 Å². The normalized spacial score (nSPS) is 21.2. The van der Waals surface area contributed by atoms with Gasteiger partial charge in [0, 0.05) is 26.2 Å². The summed E-state index contributed by atoms with van der Waals surface area (Å²) < 4.78 is 16.4. The maximum absolute atomic E-state index is 12.5. The van der Waals surface area contributed by atoms with Crippen LogP contribution in [0, 0.1) is 13.8 Å². The van der Waals surface area contributed by atoms with Gasteiger partial charge < -0.3 is 14.2 Å². The molecule has 6 heteroatoms. The predicted molar refractivity (Wildman–Crippen MR) is 110 cm³/mol. The Kier molecular flexibility index (Phi) is 5.37. The molecule has 2 heterocycles. The fraction of sp³-hybridized carbons (Fsp3) is 0.435. The quantitative estimate of drug-likeness (QED) is 0.748. The Hall–Kier alpha value is -2.73. The molecule has 6 nitrogen and oxygen atoms in total. The van der Waals surface area contributed by atoms with Crippen LogP contribution in [0.3, 0.4) is 0 Å². The summed E-state index contributed by atoms with van der Waals surface area (Å²) in [5.41, 5.74) is 4.86.